The van der Waals surface area contributed by atoms with E-state index in [0.29, 0.717) is 5.75 Å². The number of hydrogen-bond acceptors (Lipinski definition) is 4. The summed E-state index contributed by atoms with van der Waals surface area (Å²) in [7, 11) is 1.59. The molecule has 0 aliphatic carbocycles. The first-order chi connectivity index (χ1) is 8.15. The number of hydrogen-bond donors (Lipinski definition) is 1. The van der Waals surface area contributed by atoms with E-state index in [1.807, 2.05) is 13.8 Å². The van der Waals surface area contributed by atoms with Crippen LogP contribution >= 0.6 is 0 Å². The molecule has 0 bridgehead atoms. The molecule has 5 nitrogen and oxygen atoms in total. The standard InChI is InChI=1S/C12H20N2O3/c1-8(2)14-11(10(16-3)7-13-14)12(15)9-5-4-6-17-9/h7-9,12,15H,4-6H2,1-3H3. The van der Waals surface area contributed by atoms with Crippen molar-refractivity contribution in [2.24, 2.45) is 0 Å². The lowest BCUT2D eigenvalue weighted by Crippen LogP contribution is -2.22. The van der Waals surface area contributed by atoms with E-state index in [0.717, 1.165) is 25.1 Å². The van der Waals surface area contributed by atoms with Gasteiger partial charge in [0.1, 0.15) is 11.8 Å². The highest BCUT2D eigenvalue weighted by molar-refractivity contribution is 5.28. The summed E-state index contributed by atoms with van der Waals surface area (Å²) in [6.07, 6.45) is 2.72. The first kappa shape index (κ1) is 12.4. The summed E-state index contributed by atoms with van der Waals surface area (Å²) in [6.45, 7) is 4.77. The van der Waals surface area contributed by atoms with Crippen LogP contribution < -0.4 is 4.74 Å². The van der Waals surface area contributed by atoms with Gasteiger partial charge in [0.25, 0.3) is 0 Å². The predicted octanol–water partition coefficient (Wildman–Crippen LogP) is 1.68. The average molecular weight is 240 g/mol. The van der Waals surface area contributed by atoms with Gasteiger partial charge in [-0.3, -0.25) is 4.68 Å². The Hall–Kier alpha value is -1.07. The number of rotatable bonds is 4. The van der Waals surface area contributed by atoms with Gasteiger partial charge in [-0.25, -0.2) is 0 Å². The summed E-state index contributed by atoms with van der Waals surface area (Å²) in [5.74, 6) is 0.627. The molecule has 0 spiro atoms. The monoisotopic (exact) mass is 240 g/mol. The lowest BCUT2D eigenvalue weighted by atomic mass is 10.1. The van der Waals surface area contributed by atoms with E-state index in [4.69, 9.17) is 9.47 Å². The number of nitrogens with zero attached hydrogens (tertiary/aromatic N) is 2. The number of aromatic nitrogens is 2. The summed E-state index contributed by atoms with van der Waals surface area (Å²) < 4.78 is 12.6. The molecule has 5 heteroatoms. The summed E-state index contributed by atoms with van der Waals surface area (Å²) in [5.41, 5.74) is 0.717. The van der Waals surface area contributed by atoms with Crippen LogP contribution in [0.15, 0.2) is 6.20 Å². The Kier molecular flexibility index (Phi) is 3.69. The van der Waals surface area contributed by atoms with Crippen molar-refractivity contribution in [1.82, 2.24) is 9.78 Å². The molecule has 1 aliphatic heterocycles. The maximum atomic E-state index is 10.4. The van der Waals surface area contributed by atoms with Crippen LogP contribution in [-0.4, -0.2) is 34.7 Å². The largest absolute Gasteiger partial charge is 0.493 e. The van der Waals surface area contributed by atoms with E-state index < -0.39 is 6.10 Å². The third-order valence-corrected chi connectivity index (χ3v) is 3.10. The summed E-state index contributed by atoms with van der Waals surface area (Å²) in [5, 5.41) is 14.6. The second-order valence-electron chi connectivity index (χ2n) is 4.63. The molecule has 2 rings (SSSR count). The topological polar surface area (TPSA) is 56.5 Å². The Bertz CT molecular complexity index is 370. The molecule has 0 amide bonds. The highest BCUT2D eigenvalue weighted by Crippen LogP contribution is 2.33. The van der Waals surface area contributed by atoms with Crippen LogP contribution in [0.3, 0.4) is 0 Å². The van der Waals surface area contributed by atoms with Gasteiger partial charge < -0.3 is 14.6 Å². The third-order valence-electron chi connectivity index (χ3n) is 3.10. The van der Waals surface area contributed by atoms with E-state index >= 15 is 0 Å². The molecule has 1 N–H and O–H groups in total. The fourth-order valence-corrected chi connectivity index (χ4v) is 2.23. The van der Waals surface area contributed by atoms with E-state index in [-0.39, 0.29) is 12.1 Å². The van der Waals surface area contributed by atoms with Crippen molar-refractivity contribution >= 4 is 0 Å². The lowest BCUT2D eigenvalue weighted by Gasteiger charge is -2.21. The summed E-state index contributed by atoms with van der Waals surface area (Å²) in [4.78, 5) is 0. The van der Waals surface area contributed by atoms with Crippen molar-refractivity contribution < 1.29 is 14.6 Å². The summed E-state index contributed by atoms with van der Waals surface area (Å²) in [6, 6.07) is 0.185. The van der Waals surface area contributed by atoms with Gasteiger partial charge in [-0.15, -0.1) is 0 Å². The highest BCUT2D eigenvalue weighted by atomic mass is 16.5. The molecule has 0 radical (unpaired) electrons. The van der Waals surface area contributed by atoms with Crippen molar-refractivity contribution in [3.8, 4) is 5.75 Å². The van der Waals surface area contributed by atoms with Crippen LogP contribution in [0.25, 0.3) is 0 Å². The van der Waals surface area contributed by atoms with Crippen LogP contribution in [0, 0.1) is 0 Å². The minimum absolute atomic E-state index is 0.141. The fourth-order valence-electron chi connectivity index (χ4n) is 2.23. The van der Waals surface area contributed by atoms with Crippen LogP contribution in [0.2, 0.25) is 0 Å². The van der Waals surface area contributed by atoms with Crippen LogP contribution in [0.5, 0.6) is 5.75 Å². The second kappa shape index (κ2) is 5.06. The van der Waals surface area contributed by atoms with Gasteiger partial charge in [0.2, 0.25) is 0 Å². The van der Waals surface area contributed by atoms with Gasteiger partial charge in [-0.1, -0.05) is 0 Å². The maximum absolute atomic E-state index is 10.4. The summed E-state index contributed by atoms with van der Waals surface area (Å²) >= 11 is 0. The number of methoxy groups -OCH3 is 1. The average Bonchev–Trinajstić information content (AvgIpc) is 2.96. The molecule has 1 saturated heterocycles. The van der Waals surface area contributed by atoms with Crippen molar-refractivity contribution in [3.05, 3.63) is 11.9 Å². The predicted molar refractivity (Wildman–Crippen MR) is 63.1 cm³/mol. The van der Waals surface area contributed by atoms with Crippen molar-refractivity contribution in [3.63, 3.8) is 0 Å². The molecule has 2 atom stereocenters. The molecular formula is C12H20N2O3. The van der Waals surface area contributed by atoms with E-state index in [2.05, 4.69) is 5.10 Å². The van der Waals surface area contributed by atoms with Gasteiger partial charge in [0.05, 0.1) is 19.4 Å². The molecule has 17 heavy (non-hydrogen) atoms. The first-order valence-corrected chi connectivity index (χ1v) is 6.06. The van der Waals surface area contributed by atoms with Crippen molar-refractivity contribution in [2.45, 2.75) is 44.9 Å². The molecule has 1 aromatic rings. The molecule has 2 unspecified atom stereocenters. The van der Waals surface area contributed by atoms with Gasteiger partial charge in [0.15, 0.2) is 5.75 Å². The Morgan fingerprint density at radius 3 is 2.88 bits per heavy atom. The zero-order valence-corrected chi connectivity index (χ0v) is 10.6. The van der Waals surface area contributed by atoms with E-state index in [1.165, 1.54) is 0 Å². The zero-order chi connectivity index (χ0) is 12.4. The van der Waals surface area contributed by atoms with E-state index in [1.54, 1.807) is 18.0 Å². The molecule has 0 aromatic carbocycles. The van der Waals surface area contributed by atoms with Crippen LogP contribution in [0.4, 0.5) is 0 Å². The molecule has 96 valence electrons. The van der Waals surface area contributed by atoms with Crippen molar-refractivity contribution in [2.75, 3.05) is 13.7 Å². The molecule has 1 aromatic heterocycles. The Labute approximate surface area is 101 Å². The minimum Gasteiger partial charge on any atom is -0.493 e. The highest BCUT2D eigenvalue weighted by Gasteiger charge is 2.31. The number of aliphatic hydroxyl groups excluding tert-OH is 1. The Balaban J connectivity index is 2.30. The van der Waals surface area contributed by atoms with E-state index in [9.17, 15) is 5.11 Å². The van der Waals surface area contributed by atoms with Crippen LogP contribution in [-0.2, 0) is 4.74 Å². The third kappa shape index (κ3) is 2.30. The smallest absolute Gasteiger partial charge is 0.162 e. The Morgan fingerprint density at radius 1 is 1.59 bits per heavy atom. The maximum Gasteiger partial charge on any atom is 0.162 e. The quantitative estimate of drug-likeness (QED) is 0.870. The molecule has 2 heterocycles. The lowest BCUT2D eigenvalue weighted by molar-refractivity contribution is -0.00852. The first-order valence-electron chi connectivity index (χ1n) is 6.06. The van der Waals surface area contributed by atoms with Crippen LogP contribution in [0.1, 0.15) is 44.5 Å². The SMILES string of the molecule is COc1cnn(C(C)C)c1C(O)C1CCCO1. The fraction of sp³-hybridized carbons (Fsp3) is 0.750. The zero-order valence-electron chi connectivity index (χ0n) is 10.6. The van der Waals surface area contributed by atoms with Crippen molar-refractivity contribution in [1.29, 1.82) is 0 Å². The number of ether oxygens (including phenoxy) is 2. The van der Waals surface area contributed by atoms with Gasteiger partial charge in [0, 0.05) is 12.6 Å². The molecular weight excluding hydrogens is 220 g/mol. The van der Waals surface area contributed by atoms with Gasteiger partial charge in [-0.05, 0) is 26.7 Å². The second-order valence-corrected chi connectivity index (χ2v) is 4.63. The molecule has 1 fully saturated rings. The minimum atomic E-state index is -0.669. The molecule has 0 saturated carbocycles. The molecule has 1 aliphatic rings. The van der Waals surface area contributed by atoms with Gasteiger partial charge >= 0.3 is 0 Å². The normalized spacial score (nSPS) is 22.1. The Morgan fingerprint density at radius 2 is 2.35 bits per heavy atom. The number of aliphatic hydroxyl groups is 1. The van der Waals surface area contributed by atoms with Gasteiger partial charge in [-0.2, -0.15) is 5.10 Å².